The summed E-state index contributed by atoms with van der Waals surface area (Å²) in [5, 5.41) is 7.68. The minimum atomic E-state index is -4.12. The number of nitrogens with two attached hydrogens (primary N) is 1. The molecule has 0 radical (unpaired) electrons. The van der Waals surface area contributed by atoms with Crippen molar-refractivity contribution in [1.82, 2.24) is 0 Å². The highest BCUT2D eigenvalue weighted by Gasteiger charge is 2.18. The molecule has 166 valence electrons. The summed E-state index contributed by atoms with van der Waals surface area (Å²) in [6, 6.07) is 9.66. The number of ketones is 1. The van der Waals surface area contributed by atoms with E-state index in [1.165, 1.54) is 24.3 Å². The van der Waals surface area contributed by atoms with E-state index in [0.717, 1.165) is 25.3 Å². The van der Waals surface area contributed by atoms with Crippen LogP contribution in [0.5, 0.6) is 0 Å². The maximum absolute atomic E-state index is 12.3. The van der Waals surface area contributed by atoms with Gasteiger partial charge < -0.3 is 10.1 Å². The summed E-state index contributed by atoms with van der Waals surface area (Å²) in [6.45, 7) is 1.51. The molecule has 0 spiro atoms. The Kier molecular flexibility index (Phi) is 8.73. The first-order valence-electron chi connectivity index (χ1n) is 9.54. The molecule has 0 aliphatic carbocycles. The molecule has 2 rings (SSSR count). The van der Waals surface area contributed by atoms with Gasteiger partial charge in [0.1, 0.15) is 4.90 Å². The summed E-state index contributed by atoms with van der Waals surface area (Å²) < 4.78 is 28.0. The SMILES string of the molecule is CCCCCC(=O)Nc1ccc(C(=O)COC(=O)c2ccc(Cl)c(S(N)(=O)=O)c2)cc1. The van der Waals surface area contributed by atoms with Crippen molar-refractivity contribution in [2.45, 2.75) is 37.5 Å². The number of anilines is 1. The summed E-state index contributed by atoms with van der Waals surface area (Å²) in [6.07, 6.45) is 3.26. The number of unbranched alkanes of at least 4 members (excludes halogenated alkanes) is 2. The number of carbonyl (C=O) groups is 3. The first-order valence-corrected chi connectivity index (χ1v) is 11.5. The van der Waals surface area contributed by atoms with Gasteiger partial charge in [0.2, 0.25) is 15.9 Å². The van der Waals surface area contributed by atoms with Crippen molar-refractivity contribution in [2.24, 2.45) is 5.14 Å². The number of benzene rings is 2. The molecule has 0 atom stereocenters. The molecular formula is C21H23ClN2O6S. The summed E-state index contributed by atoms with van der Waals surface area (Å²) in [4.78, 5) is 35.8. The molecule has 0 heterocycles. The van der Waals surface area contributed by atoms with Gasteiger partial charge >= 0.3 is 5.97 Å². The lowest BCUT2D eigenvalue weighted by molar-refractivity contribution is -0.116. The van der Waals surface area contributed by atoms with Crippen molar-refractivity contribution in [3.63, 3.8) is 0 Å². The second-order valence-electron chi connectivity index (χ2n) is 6.77. The van der Waals surface area contributed by atoms with E-state index in [9.17, 15) is 22.8 Å². The zero-order chi connectivity index (χ0) is 23.0. The van der Waals surface area contributed by atoms with Crippen LogP contribution in [0.4, 0.5) is 5.69 Å². The summed E-state index contributed by atoms with van der Waals surface area (Å²) in [5.74, 6) is -1.45. The van der Waals surface area contributed by atoms with E-state index in [1.54, 1.807) is 12.1 Å². The predicted molar refractivity (Wildman–Crippen MR) is 117 cm³/mol. The van der Waals surface area contributed by atoms with Gasteiger partial charge in [-0.1, -0.05) is 31.4 Å². The number of carbonyl (C=O) groups excluding carboxylic acids is 3. The second-order valence-corrected chi connectivity index (χ2v) is 8.71. The summed E-state index contributed by atoms with van der Waals surface area (Å²) in [5.41, 5.74) is 0.743. The van der Waals surface area contributed by atoms with Crippen LogP contribution in [0.25, 0.3) is 0 Å². The number of Topliss-reactive ketones (excluding diaryl/α,β-unsaturated/α-hetero) is 1. The standard InChI is InChI=1S/C21H23ClN2O6S/c1-2-3-4-5-20(26)24-16-9-6-14(7-10-16)18(25)13-30-21(27)15-8-11-17(22)19(12-15)31(23,28)29/h6-12H,2-5,13H2,1H3,(H,24,26)(H2,23,28,29). The van der Waals surface area contributed by atoms with Crippen LogP contribution in [0.1, 0.15) is 53.3 Å². The Morgan fingerprint density at radius 2 is 1.68 bits per heavy atom. The van der Waals surface area contributed by atoms with Crippen molar-refractivity contribution in [2.75, 3.05) is 11.9 Å². The van der Waals surface area contributed by atoms with E-state index in [4.69, 9.17) is 21.5 Å². The number of nitrogens with one attached hydrogen (secondary N) is 1. The zero-order valence-corrected chi connectivity index (χ0v) is 18.5. The third kappa shape index (κ3) is 7.46. The van der Waals surface area contributed by atoms with Gasteiger partial charge in [-0.2, -0.15) is 0 Å². The fraction of sp³-hybridized carbons (Fsp3) is 0.286. The van der Waals surface area contributed by atoms with Gasteiger partial charge in [0.05, 0.1) is 10.6 Å². The zero-order valence-electron chi connectivity index (χ0n) is 16.9. The molecule has 2 aromatic carbocycles. The maximum atomic E-state index is 12.3. The van der Waals surface area contributed by atoms with E-state index in [2.05, 4.69) is 12.2 Å². The minimum Gasteiger partial charge on any atom is -0.454 e. The Labute approximate surface area is 185 Å². The predicted octanol–water partition coefficient (Wildman–Crippen LogP) is 3.55. The smallest absolute Gasteiger partial charge is 0.338 e. The van der Waals surface area contributed by atoms with E-state index in [1.807, 2.05) is 0 Å². The van der Waals surface area contributed by atoms with Crippen LogP contribution < -0.4 is 10.5 Å². The molecule has 0 saturated carbocycles. The molecule has 3 N–H and O–H groups in total. The molecule has 0 saturated heterocycles. The lowest BCUT2D eigenvalue weighted by Gasteiger charge is -2.08. The Bertz CT molecular complexity index is 1070. The van der Waals surface area contributed by atoms with Crippen LogP contribution in [-0.2, 0) is 19.6 Å². The van der Waals surface area contributed by atoms with Crippen molar-refractivity contribution in [3.05, 3.63) is 58.6 Å². The van der Waals surface area contributed by atoms with Gasteiger partial charge in [-0.05, 0) is 48.9 Å². The van der Waals surface area contributed by atoms with Crippen LogP contribution in [0.15, 0.2) is 47.4 Å². The fourth-order valence-corrected chi connectivity index (χ4v) is 3.72. The first-order chi connectivity index (χ1) is 14.6. The van der Waals surface area contributed by atoms with E-state index in [-0.39, 0.29) is 22.1 Å². The van der Waals surface area contributed by atoms with Crippen LogP contribution in [0, 0.1) is 0 Å². The van der Waals surface area contributed by atoms with E-state index < -0.39 is 33.3 Å². The number of hydrogen-bond donors (Lipinski definition) is 2. The number of amides is 1. The van der Waals surface area contributed by atoms with Crippen molar-refractivity contribution >= 4 is 45.0 Å². The van der Waals surface area contributed by atoms with Gasteiger partial charge in [0.15, 0.2) is 12.4 Å². The molecule has 31 heavy (non-hydrogen) atoms. The number of hydrogen-bond acceptors (Lipinski definition) is 6. The fourth-order valence-electron chi connectivity index (χ4n) is 2.64. The number of sulfonamides is 1. The van der Waals surface area contributed by atoms with Crippen molar-refractivity contribution in [3.8, 4) is 0 Å². The topological polar surface area (TPSA) is 133 Å². The molecule has 10 heteroatoms. The third-order valence-corrected chi connectivity index (χ3v) is 5.70. The molecule has 0 aliphatic heterocycles. The normalized spacial score (nSPS) is 11.1. The van der Waals surface area contributed by atoms with Gasteiger partial charge in [-0.25, -0.2) is 18.4 Å². The lowest BCUT2D eigenvalue weighted by atomic mass is 10.1. The highest BCUT2D eigenvalue weighted by molar-refractivity contribution is 7.89. The molecule has 2 aromatic rings. The van der Waals surface area contributed by atoms with E-state index >= 15 is 0 Å². The average Bonchev–Trinajstić information content (AvgIpc) is 2.72. The Morgan fingerprint density at radius 3 is 2.29 bits per heavy atom. The lowest BCUT2D eigenvalue weighted by Crippen LogP contribution is -2.16. The largest absolute Gasteiger partial charge is 0.454 e. The molecule has 0 unspecified atom stereocenters. The number of halogens is 1. The van der Waals surface area contributed by atoms with E-state index in [0.29, 0.717) is 12.1 Å². The van der Waals surface area contributed by atoms with Crippen molar-refractivity contribution < 1.29 is 27.5 Å². The third-order valence-electron chi connectivity index (χ3n) is 4.31. The van der Waals surface area contributed by atoms with Gasteiger partial charge in [-0.3, -0.25) is 9.59 Å². The maximum Gasteiger partial charge on any atom is 0.338 e. The van der Waals surface area contributed by atoms with Crippen molar-refractivity contribution in [1.29, 1.82) is 0 Å². The number of esters is 1. The second kappa shape index (κ2) is 11.0. The summed E-state index contributed by atoms with van der Waals surface area (Å²) >= 11 is 5.78. The average molecular weight is 467 g/mol. The van der Waals surface area contributed by atoms with Gasteiger partial charge in [0.25, 0.3) is 0 Å². The quantitative estimate of drug-likeness (QED) is 0.312. The highest BCUT2D eigenvalue weighted by Crippen LogP contribution is 2.22. The highest BCUT2D eigenvalue weighted by atomic mass is 35.5. The minimum absolute atomic E-state index is 0.0942. The van der Waals surface area contributed by atoms with Crippen LogP contribution in [0.2, 0.25) is 5.02 Å². The van der Waals surface area contributed by atoms with Gasteiger partial charge in [-0.15, -0.1) is 0 Å². The molecule has 0 aliphatic rings. The summed E-state index contributed by atoms with van der Waals surface area (Å²) in [7, 11) is -4.12. The van der Waals surface area contributed by atoms with Gasteiger partial charge in [0, 0.05) is 17.7 Å². The molecule has 1 amide bonds. The van der Waals surface area contributed by atoms with Crippen LogP contribution in [0.3, 0.4) is 0 Å². The molecular weight excluding hydrogens is 444 g/mol. The Hall–Kier alpha value is -2.75. The van der Waals surface area contributed by atoms with Crippen LogP contribution in [-0.4, -0.2) is 32.7 Å². The Morgan fingerprint density at radius 1 is 1.03 bits per heavy atom. The monoisotopic (exact) mass is 466 g/mol. The van der Waals surface area contributed by atoms with Crippen LogP contribution >= 0.6 is 11.6 Å². The molecule has 8 nitrogen and oxygen atoms in total. The molecule has 0 aromatic heterocycles. The Balaban J connectivity index is 1.94. The molecule has 0 fully saturated rings. The first kappa shape index (κ1) is 24.5. The number of ether oxygens (including phenoxy) is 1. The number of rotatable bonds is 10. The number of primary sulfonamides is 1. The molecule has 0 bridgehead atoms.